The van der Waals surface area contributed by atoms with Gasteiger partial charge in [-0.15, -0.1) is 0 Å². The zero-order valence-electron chi connectivity index (χ0n) is 16.6. The summed E-state index contributed by atoms with van der Waals surface area (Å²) < 4.78 is 11.5. The molecule has 6 heteroatoms. The van der Waals surface area contributed by atoms with Gasteiger partial charge in [-0.25, -0.2) is 0 Å². The van der Waals surface area contributed by atoms with E-state index in [1.807, 2.05) is 30.3 Å². The van der Waals surface area contributed by atoms with Gasteiger partial charge in [0, 0.05) is 58.7 Å². The molecule has 27 heavy (non-hydrogen) atoms. The van der Waals surface area contributed by atoms with Crippen molar-refractivity contribution in [1.82, 2.24) is 15.1 Å². The van der Waals surface area contributed by atoms with Crippen LogP contribution in [0.4, 0.5) is 0 Å². The Balaban J connectivity index is 1.41. The number of para-hydroxylation sites is 1. The molecule has 150 valence electrons. The minimum atomic E-state index is 0.299. The standard InChI is InChI=1S/C21H34N4O2/c1-2-22-21(23-11-6-12-24-15-17-26-18-16-24)25-13-9-20(10-14-25)27-19-7-4-3-5-8-19/h3-5,7-8,20H,2,6,9-18H2,1H3,(H,22,23). The average molecular weight is 375 g/mol. The highest BCUT2D eigenvalue weighted by molar-refractivity contribution is 5.80. The van der Waals surface area contributed by atoms with Crippen LogP contribution in [0.15, 0.2) is 35.3 Å². The minimum absolute atomic E-state index is 0.299. The molecular formula is C21H34N4O2. The van der Waals surface area contributed by atoms with E-state index in [2.05, 4.69) is 22.0 Å². The van der Waals surface area contributed by atoms with Crippen molar-refractivity contribution in [1.29, 1.82) is 0 Å². The van der Waals surface area contributed by atoms with Crippen molar-refractivity contribution in [3.8, 4) is 5.75 Å². The molecule has 2 aliphatic heterocycles. The molecule has 0 bridgehead atoms. The van der Waals surface area contributed by atoms with Crippen LogP contribution in [-0.4, -0.2) is 80.9 Å². The van der Waals surface area contributed by atoms with Crippen molar-refractivity contribution in [2.45, 2.75) is 32.3 Å². The van der Waals surface area contributed by atoms with Crippen molar-refractivity contribution >= 4 is 5.96 Å². The summed E-state index contributed by atoms with van der Waals surface area (Å²) in [5, 5.41) is 3.46. The van der Waals surface area contributed by atoms with E-state index < -0.39 is 0 Å². The second kappa shape index (κ2) is 11.1. The number of nitrogens with zero attached hydrogens (tertiary/aromatic N) is 3. The highest BCUT2D eigenvalue weighted by Crippen LogP contribution is 2.18. The molecule has 1 aromatic rings. The van der Waals surface area contributed by atoms with Gasteiger partial charge in [-0.2, -0.15) is 0 Å². The Morgan fingerprint density at radius 1 is 1.15 bits per heavy atom. The number of likely N-dealkylation sites (tertiary alicyclic amines) is 1. The van der Waals surface area contributed by atoms with Gasteiger partial charge in [0.15, 0.2) is 5.96 Å². The molecule has 0 saturated carbocycles. The fourth-order valence-electron chi connectivity index (χ4n) is 3.61. The topological polar surface area (TPSA) is 49.3 Å². The number of piperidine rings is 1. The minimum Gasteiger partial charge on any atom is -0.490 e. The molecule has 3 rings (SSSR count). The predicted molar refractivity (Wildman–Crippen MR) is 110 cm³/mol. The smallest absolute Gasteiger partial charge is 0.193 e. The third-order valence-electron chi connectivity index (χ3n) is 5.12. The second-order valence-corrected chi connectivity index (χ2v) is 7.16. The molecule has 0 unspecified atom stereocenters. The van der Waals surface area contributed by atoms with Crippen molar-refractivity contribution in [3.05, 3.63) is 30.3 Å². The molecule has 0 aromatic heterocycles. The van der Waals surface area contributed by atoms with Gasteiger partial charge in [0.1, 0.15) is 11.9 Å². The summed E-state index contributed by atoms with van der Waals surface area (Å²) in [6.45, 7) is 10.9. The third kappa shape index (κ3) is 6.70. The lowest BCUT2D eigenvalue weighted by Gasteiger charge is -2.34. The Kier molecular flexibility index (Phi) is 8.24. The van der Waals surface area contributed by atoms with Crippen LogP contribution in [0.1, 0.15) is 26.2 Å². The van der Waals surface area contributed by atoms with E-state index >= 15 is 0 Å². The van der Waals surface area contributed by atoms with Crippen LogP contribution in [0.5, 0.6) is 5.75 Å². The molecule has 6 nitrogen and oxygen atoms in total. The zero-order chi connectivity index (χ0) is 18.7. The quantitative estimate of drug-likeness (QED) is 0.451. The Labute approximate surface area is 163 Å². The number of ether oxygens (including phenoxy) is 2. The molecule has 1 N–H and O–H groups in total. The summed E-state index contributed by atoms with van der Waals surface area (Å²) in [5.74, 6) is 2.03. The van der Waals surface area contributed by atoms with Crippen LogP contribution in [0.2, 0.25) is 0 Å². The van der Waals surface area contributed by atoms with E-state index in [1.54, 1.807) is 0 Å². The van der Waals surface area contributed by atoms with Crippen molar-refractivity contribution in [3.63, 3.8) is 0 Å². The largest absolute Gasteiger partial charge is 0.490 e. The molecule has 0 atom stereocenters. The Morgan fingerprint density at radius 2 is 1.89 bits per heavy atom. The molecule has 0 aliphatic carbocycles. The van der Waals surface area contributed by atoms with E-state index in [9.17, 15) is 0 Å². The molecule has 2 saturated heterocycles. The number of morpholine rings is 1. The molecular weight excluding hydrogens is 340 g/mol. The Bertz CT molecular complexity index is 553. The summed E-state index contributed by atoms with van der Waals surface area (Å²) in [5.41, 5.74) is 0. The fourth-order valence-corrected chi connectivity index (χ4v) is 3.61. The molecule has 2 aliphatic rings. The molecule has 0 radical (unpaired) electrons. The number of guanidine groups is 1. The van der Waals surface area contributed by atoms with E-state index in [1.165, 1.54) is 0 Å². The second-order valence-electron chi connectivity index (χ2n) is 7.16. The van der Waals surface area contributed by atoms with Crippen molar-refractivity contribution < 1.29 is 9.47 Å². The van der Waals surface area contributed by atoms with Gasteiger partial charge in [-0.1, -0.05) is 18.2 Å². The summed E-state index contributed by atoms with van der Waals surface area (Å²) in [6, 6.07) is 10.1. The van der Waals surface area contributed by atoms with Crippen LogP contribution in [0.25, 0.3) is 0 Å². The summed E-state index contributed by atoms with van der Waals surface area (Å²) in [4.78, 5) is 9.71. The lowest BCUT2D eigenvalue weighted by atomic mass is 10.1. The number of nitrogens with one attached hydrogen (secondary N) is 1. The van der Waals surface area contributed by atoms with Gasteiger partial charge in [0.05, 0.1) is 13.2 Å². The first-order valence-corrected chi connectivity index (χ1v) is 10.4. The number of rotatable bonds is 7. The normalized spacial score (nSPS) is 19.9. The first-order valence-electron chi connectivity index (χ1n) is 10.4. The molecule has 2 fully saturated rings. The lowest BCUT2D eigenvalue weighted by Crippen LogP contribution is -2.47. The summed E-state index contributed by atoms with van der Waals surface area (Å²) in [7, 11) is 0. The highest BCUT2D eigenvalue weighted by atomic mass is 16.5. The van der Waals surface area contributed by atoms with Crippen LogP contribution in [0.3, 0.4) is 0 Å². The van der Waals surface area contributed by atoms with Gasteiger partial charge in [0.2, 0.25) is 0 Å². The van der Waals surface area contributed by atoms with Gasteiger partial charge < -0.3 is 19.7 Å². The number of aliphatic imine (C=N–C) groups is 1. The van der Waals surface area contributed by atoms with Crippen LogP contribution >= 0.6 is 0 Å². The number of hydrogen-bond donors (Lipinski definition) is 1. The summed E-state index contributed by atoms with van der Waals surface area (Å²) in [6.07, 6.45) is 3.47. The summed E-state index contributed by atoms with van der Waals surface area (Å²) >= 11 is 0. The molecule has 0 spiro atoms. The maximum atomic E-state index is 6.11. The Hall–Kier alpha value is -1.79. The SMILES string of the molecule is CCNC(=NCCCN1CCOCC1)N1CCC(Oc2ccccc2)CC1. The Morgan fingerprint density at radius 3 is 2.59 bits per heavy atom. The van der Waals surface area contributed by atoms with Crippen LogP contribution in [-0.2, 0) is 4.74 Å². The van der Waals surface area contributed by atoms with Gasteiger partial charge in [0.25, 0.3) is 0 Å². The number of hydrogen-bond acceptors (Lipinski definition) is 4. The zero-order valence-corrected chi connectivity index (χ0v) is 16.6. The third-order valence-corrected chi connectivity index (χ3v) is 5.12. The fraction of sp³-hybridized carbons (Fsp3) is 0.667. The maximum absolute atomic E-state index is 6.11. The average Bonchev–Trinajstić information content (AvgIpc) is 2.72. The number of benzene rings is 1. The predicted octanol–water partition coefficient (Wildman–Crippen LogP) is 2.22. The maximum Gasteiger partial charge on any atom is 0.193 e. The molecule has 0 amide bonds. The van der Waals surface area contributed by atoms with Crippen LogP contribution < -0.4 is 10.1 Å². The molecule has 1 aromatic carbocycles. The van der Waals surface area contributed by atoms with E-state index in [-0.39, 0.29) is 0 Å². The first kappa shape index (κ1) is 20.0. The van der Waals surface area contributed by atoms with E-state index in [0.717, 1.165) is 90.0 Å². The van der Waals surface area contributed by atoms with Crippen LogP contribution in [0, 0.1) is 0 Å². The molecule has 2 heterocycles. The highest BCUT2D eigenvalue weighted by Gasteiger charge is 2.22. The van der Waals surface area contributed by atoms with Gasteiger partial charge in [-0.05, 0) is 25.5 Å². The van der Waals surface area contributed by atoms with Crippen molar-refractivity contribution in [2.24, 2.45) is 4.99 Å². The van der Waals surface area contributed by atoms with Gasteiger partial charge in [-0.3, -0.25) is 9.89 Å². The lowest BCUT2D eigenvalue weighted by molar-refractivity contribution is 0.0377. The van der Waals surface area contributed by atoms with Gasteiger partial charge >= 0.3 is 0 Å². The van der Waals surface area contributed by atoms with Crippen molar-refractivity contribution in [2.75, 3.05) is 59.0 Å². The van der Waals surface area contributed by atoms with E-state index in [4.69, 9.17) is 14.5 Å². The first-order chi connectivity index (χ1) is 13.3. The monoisotopic (exact) mass is 374 g/mol. The van der Waals surface area contributed by atoms with E-state index in [0.29, 0.717) is 6.10 Å².